The molecule has 1 aromatic rings. The van der Waals surface area contributed by atoms with Crippen molar-refractivity contribution in [2.75, 3.05) is 19.6 Å². The molecule has 3 nitrogen and oxygen atoms in total. The number of nitrogens with zero attached hydrogens (tertiary/aromatic N) is 1. The molecule has 0 saturated carbocycles. The molecule has 0 radical (unpaired) electrons. The highest BCUT2D eigenvalue weighted by atomic mass is 35.5. The number of aliphatic hydroxyl groups is 2. The van der Waals surface area contributed by atoms with Gasteiger partial charge in [0.05, 0.1) is 12.2 Å². The van der Waals surface area contributed by atoms with Crippen LogP contribution in [0.4, 0.5) is 0 Å². The van der Waals surface area contributed by atoms with Crippen molar-refractivity contribution in [1.29, 1.82) is 0 Å². The van der Waals surface area contributed by atoms with Gasteiger partial charge in [0.15, 0.2) is 0 Å². The van der Waals surface area contributed by atoms with E-state index in [1.54, 1.807) is 0 Å². The highest BCUT2D eigenvalue weighted by molar-refractivity contribution is 5.85. The number of benzene rings is 1. The lowest BCUT2D eigenvalue weighted by molar-refractivity contribution is 0.0825. The van der Waals surface area contributed by atoms with Crippen LogP contribution in [0, 0.1) is 0 Å². The fourth-order valence-corrected chi connectivity index (χ4v) is 3.90. The molecule has 0 spiro atoms. The zero-order valence-electron chi connectivity index (χ0n) is 18.9. The molecule has 2 N–H and O–H groups in total. The fraction of sp³-hybridized carbons (Fsp3) is 0.760. The molecule has 0 bridgehead atoms. The molecule has 170 valence electrons. The maximum atomic E-state index is 9.56. The standard InChI is InChI=1S/C25H45NO2.ClH/c1-23(27)21-26(22-24(2)28)20-16-11-9-7-5-3-4-6-8-10-13-17-25-18-14-12-15-19-25;/h12,14-15,18-19,23-24,27-28H,3-11,13,16-17,20-22H2,1-2H3;1H. The minimum absolute atomic E-state index is 0. The maximum absolute atomic E-state index is 9.56. The Morgan fingerprint density at radius 1 is 0.655 bits per heavy atom. The van der Waals surface area contributed by atoms with Crippen LogP contribution >= 0.6 is 12.4 Å². The summed E-state index contributed by atoms with van der Waals surface area (Å²) < 4.78 is 0. The first-order valence-corrected chi connectivity index (χ1v) is 11.7. The van der Waals surface area contributed by atoms with E-state index in [0.717, 1.165) is 6.54 Å². The molecule has 2 atom stereocenters. The van der Waals surface area contributed by atoms with Crippen LogP contribution < -0.4 is 0 Å². The summed E-state index contributed by atoms with van der Waals surface area (Å²) in [5.74, 6) is 0. The Kier molecular flexibility index (Phi) is 19.0. The van der Waals surface area contributed by atoms with Crippen LogP contribution in [-0.4, -0.2) is 47.0 Å². The molecular weight excluding hydrogens is 382 g/mol. The minimum Gasteiger partial charge on any atom is -0.392 e. The van der Waals surface area contributed by atoms with E-state index in [0.29, 0.717) is 13.1 Å². The Balaban J connectivity index is 0.00000784. The van der Waals surface area contributed by atoms with Crippen LogP contribution in [0.3, 0.4) is 0 Å². The van der Waals surface area contributed by atoms with Crippen LogP contribution in [-0.2, 0) is 6.42 Å². The number of aliphatic hydroxyl groups excluding tert-OH is 2. The third kappa shape index (κ3) is 17.9. The maximum Gasteiger partial charge on any atom is 0.0639 e. The molecule has 0 aromatic heterocycles. The van der Waals surface area contributed by atoms with E-state index >= 15 is 0 Å². The SMILES string of the molecule is CC(O)CN(CCCCCCCCCCCCCc1ccccc1)CC(C)O.Cl. The monoisotopic (exact) mass is 427 g/mol. The number of halogens is 1. The van der Waals surface area contributed by atoms with Gasteiger partial charge in [-0.2, -0.15) is 0 Å². The molecular formula is C25H46ClNO2. The molecule has 1 aromatic carbocycles. The summed E-state index contributed by atoms with van der Waals surface area (Å²) in [6, 6.07) is 10.8. The van der Waals surface area contributed by atoms with E-state index in [1.807, 2.05) is 13.8 Å². The van der Waals surface area contributed by atoms with Crippen molar-refractivity contribution in [3.63, 3.8) is 0 Å². The van der Waals surface area contributed by atoms with Crippen molar-refractivity contribution in [2.45, 2.75) is 103 Å². The first-order valence-electron chi connectivity index (χ1n) is 11.7. The Morgan fingerprint density at radius 2 is 1.07 bits per heavy atom. The summed E-state index contributed by atoms with van der Waals surface area (Å²) in [5, 5.41) is 19.1. The van der Waals surface area contributed by atoms with Crippen molar-refractivity contribution in [2.24, 2.45) is 0 Å². The summed E-state index contributed by atoms with van der Waals surface area (Å²) in [5.41, 5.74) is 1.47. The normalized spacial score (nSPS) is 13.3. The fourth-order valence-electron chi connectivity index (χ4n) is 3.90. The number of aryl methyl sites for hydroxylation is 1. The summed E-state index contributed by atoms with van der Waals surface area (Å²) in [7, 11) is 0. The summed E-state index contributed by atoms with van der Waals surface area (Å²) >= 11 is 0. The van der Waals surface area contributed by atoms with Crippen LogP contribution in [0.5, 0.6) is 0 Å². The third-order valence-corrected chi connectivity index (χ3v) is 5.33. The molecule has 0 aliphatic heterocycles. The van der Waals surface area contributed by atoms with Gasteiger partial charge in [0.2, 0.25) is 0 Å². The molecule has 0 aliphatic rings. The first kappa shape index (κ1) is 28.4. The van der Waals surface area contributed by atoms with E-state index in [-0.39, 0.29) is 24.6 Å². The van der Waals surface area contributed by atoms with Gasteiger partial charge in [0.25, 0.3) is 0 Å². The summed E-state index contributed by atoms with van der Waals surface area (Å²) in [6.07, 6.45) is 15.3. The quantitative estimate of drug-likeness (QED) is 0.282. The topological polar surface area (TPSA) is 43.7 Å². The lowest BCUT2D eigenvalue weighted by atomic mass is 10.0. The highest BCUT2D eigenvalue weighted by Gasteiger charge is 2.10. The Labute approximate surface area is 186 Å². The zero-order valence-corrected chi connectivity index (χ0v) is 19.7. The van der Waals surface area contributed by atoms with Gasteiger partial charge in [0.1, 0.15) is 0 Å². The van der Waals surface area contributed by atoms with Gasteiger partial charge in [-0.3, -0.25) is 4.90 Å². The lowest BCUT2D eigenvalue weighted by Gasteiger charge is -2.24. The first-order chi connectivity index (χ1) is 13.6. The van der Waals surface area contributed by atoms with Gasteiger partial charge in [-0.15, -0.1) is 12.4 Å². The second-order valence-corrected chi connectivity index (χ2v) is 8.58. The molecule has 0 heterocycles. The molecule has 1 rings (SSSR count). The van der Waals surface area contributed by atoms with Gasteiger partial charge in [-0.05, 0) is 45.2 Å². The smallest absolute Gasteiger partial charge is 0.0639 e. The average molecular weight is 428 g/mol. The molecule has 0 saturated heterocycles. The number of unbranched alkanes of at least 4 members (excludes halogenated alkanes) is 10. The van der Waals surface area contributed by atoms with E-state index in [1.165, 1.54) is 82.6 Å². The van der Waals surface area contributed by atoms with E-state index in [2.05, 4.69) is 35.2 Å². The number of hydrogen-bond donors (Lipinski definition) is 2. The summed E-state index contributed by atoms with van der Waals surface area (Å²) in [6.45, 7) is 5.95. The predicted octanol–water partition coefficient (Wildman–Crippen LogP) is 6.01. The average Bonchev–Trinajstić information content (AvgIpc) is 2.65. The van der Waals surface area contributed by atoms with Crippen LogP contribution in [0.15, 0.2) is 30.3 Å². The van der Waals surface area contributed by atoms with Crippen molar-refractivity contribution < 1.29 is 10.2 Å². The van der Waals surface area contributed by atoms with Crippen LogP contribution in [0.1, 0.15) is 90.0 Å². The zero-order chi connectivity index (χ0) is 20.5. The van der Waals surface area contributed by atoms with Crippen molar-refractivity contribution in [1.82, 2.24) is 4.90 Å². The molecule has 2 unspecified atom stereocenters. The molecule has 0 fully saturated rings. The molecule has 4 heteroatoms. The van der Waals surface area contributed by atoms with Gasteiger partial charge in [-0.1, -0.05) is 88.1 Å². The Bertz CT molecular complexity index is 443. The van der Waals surface area contributed by atoms with Crippen LogP contribution in [0.2, 0.25) is 0 Å². The summed E-state index contributed by atoms with van der Waals surface area (Å²) in [4.78, 5) is 2.19. The van der Waals surface area contributed by atoms with E-state index in [4.69, 9.17) is 0 Å². The van der Waals surface area contributed by atoms with E-state index < -0.39 is 0 Å². The number of hydrogen-bond acceptors (Lipinski definition) is 3. The van der Waals surface area contributed by atoms with Gasteiger partial charge in [-0.25, -0.2) is 0 Å². The van der Waals surface area contributed by atoms with Crippen molar-refractivity contribution in [3.05, 3.63) is 35.9 Å². The Hall–Kier alpha value is -0.610. The van der Waals surface area contributed by atoms with Gasteiger partial charge in [0, 0.05) is 13.1 Å². The lowest BCUT2D eigenvalue weighted by Crippen LogP contribution is -2.36. The Morgan fingerprint density at radius 3 is 1.52 bits per heavy atom. The second-order valence-electron chi connectivity index (χ2n) is 8.58. The molecule has 0 aliphatic carbocycles. The van der Waals surface area contributed by atoms with Crippen LogP contribution in [0.25, 0.3) is 0 Å². The van der Waals surface area contributed by atoms with E-state index in [9.17, 15) is 10.2 Å². The highest BCUT2D eigenvalue weighted by Crippen LogP contribution is 2.13. The second kappa shape index (κ2) is 19.4. The molecule has 0 amide bonds. The van der Waals surface area contributed by atoms with Gasteiger partial charge < -0.3 is 10.2 Å². The predicted molar refractivity (Wildman–Crippen MR) is 128 cm³/mol. The number of rotatable bonds is 18. The largest absolute Gasteiger partial charge is 0.392 e. The minimum atomic E-state index is -0.322. The van der Waals surface area contributed by atoms with Gasteiger partial charge >= 0.3 is 0 Å². The van der Waals surface area contributed by atoms with Crippen molar-refractivity contribution >= 4 is 12.4 Å². The van der Waals surface area contributed by atoms with Crippen molar-refractivity contribution in [3.8, 4) is 0 Å². The third-order valence-electron chi connectivity index (χ3n) is 5.33. The molecule has 29 heavy (non-hydrogen) atoms.